The molecule has 0 spiro atoms. The largest absolute Gasteiger partial charge is 0.474 e. The molecule has 80 valence electrons. The maximum atomic E-state index is 8.90. The lowest BCUT2D eigenvalue weighted by molar-refractivity contribution is 0.143. The van der Waals surface area contributed by atoms with Gasteiger partial charge in [-0.25, -0.2) is 4.98 Å². The highest BCUT2D eigenvalue weighted by atomic mass is 35.5. The molecule has 0 saturated carbocycles. The second-order valence-electron chi connectivity index (χ2n) is 2.90. The van der Waals surface area contributed by atoms with Gasteiger partial charge in [0, 0.05) is 7.11 Å². The summed E-state index contributed by atoms with van der Waals surface area (Å²) in [5, 5.41) is 9.22. The summed E-state index contributed by atoms with van der Waals surface area (Å²) in [6.45, 7) is 2.57. The van der Waals surface area contributed by atoms with Crippen molar-refractivity contribution in [1.29, 1.82) is 5.26 Å². The Morgan fingerprint density at radius 2 is 2.27 bits per heavy atom. The van der Waals surface area contributed by atoms with E-state index in [1.807, 2.05) is 6.07 Å². The Hall–Kier alpha value is -1.31. The lowest BCUT2D eigenvalue weighted by atomic mass is 10.2. The fraction of sp³-hybridized carbons (Fsp3) is 0.400. The average molecular weight is 227 g/mol. The number of ether oxygens (including phenoxy) is 2. The number of pyridine rings is 1. The van der Waals surface area contributed by atoms with Crippen LogP contribution in [-0.4, -0.2) is 25.3 Å². The number of hydrogen-bond donors (Lipinski definition) is 0. The molecule has 0 aliphatic carbocycles. The van der Waals surface area contributed by atoms with E-state index in [0.717, 1.165) is 5.56 Å². The Labute approximate surface area is 93.4 Å². The molecule has 0 aromatic carbocycles. The van der Waals surface area contributed by atoms with E-state index in [0.29, 0.717) is 23.9 Å². The van der Waals surface area contributed by atoms with Gasteiger partial charge in [-0.05, 0) is 18.6 Å². The third-order valence-electron chi connectivity index (χ3n) is 1.79. The Morgan fingerprint density at radius 1 is 1.53 bits per heavy atom. The second-order valence-corrected chi connectivity index (χ2v) is 3.28. The van der Waals surface area contributed by atoms with E-state index in [9.17, 15) is 0 Å². The lowest BCUT2D eigenvalue weighted by Gasteiger charge is -2.08. The summed E-state index contributed by atoms with van der Waals surface area (Å²) in [4.78, 5) is 3.94. The average Bonchev–Trinajstić information content (AvgIpc) is 2.17. The molecule has 1 rings (SSSR count). The zero-order valence-corrected chi connectivity index (χ0v) is 9.34. The van der Waals surface area contributed by atoms with E-state index in [4.69, 9.17) is 26.3 Å². The Bertz CT molecular complexity index is 388. The van der Waals surface area contributed by atoms with Crippen LogP contribution in [0.15, 0.2) is 6.07 Å². The van der Waals surface area contributed by atoms with Crippen LogP contribution < -0.4 is 4.74 Å². The molecule has 0 unspecified atom stereocenters. The first-order valence-electron chi connectivity index (χ1n) is 4.38. The summed E-state index contributed by atoms with van der Waals surface area (Å²) >= 11 is 5.76. The first-order chi connectivity index (χ1) is 7.19. The minimum Gasteiger partial charge on any atom is -0.474 e. The van der Waals surface area contributed by atoms with Gasteiger partial charge in [0.2, 0.25) is 5.88 Å². The van der Waals surface area contributed by atoms with Crippen molar-refractivity contribution in [1.82, 2.24) is 4.98 Å². The van der Waals surface area contributed by atoms with Crippen molar-refractivity contribution in [2.75, 3.05) is 20.3 Å². The third-order valence-corrected chi connectivity index (χ3v) is 1.98. The molecule has 0 fully saturated rings. The molecule has 0 amide bonds. The Kier molecular flexibility index (Phi) is 4.35. The van der Waals surface area contributed by atoms with Crippen LogP contribution in [0.4, 0.5) is 0 Å². The number of aromatic nitrogens is 1. The van der Waals surface area contributed by atoms with E-state index in [1.165, 1.54) is 0 Å². The van der Waals surface area contributed by atoms with Crippen molar-refractivity contribution >= 4 is 11.6 Å². The maximum Gasteiger partial charge on any atom is 0.233 e. The van der Waals surface area contributed by atoms with Crippen LogP contribution in [0.25, 0.3) is 0 Å². The maximum absolute atomic E-state index is 8.90. The van der Waals surface area contributed by atoms with Gasteiger partial charge in [-0.3, -0.25) is 0 Å². The molecule has 0 N–H and O–H groups in total. The van der Waals surface area contributed by atoms with Crippen LogP contribution in [0.1, 0.15) is 11.1 Å². The smallest absolute Gasteiger partial charge is 0.233 e. The normalized spacial score (nSPS) is 9.73. The molecule has 5 heteroatoms. The van der Waals surface area contributed by atoms with Crippen molar-refractivity contribution in [3.63, 3.8) is 0 Å². The zero-order chi connectivity index (χ0) is 11.3. The predicted octanol–water partition coefficient (Wildman–Crippen LogP) is 1.94. The van der Waals surface area contributed by atoms with Crippen molar-refractivity contribution in [2.24, 2.45) is 0 Å². The monoisotopic (exact) mass is 226 g/mol. The van der Waals surface area contributed by atoms with E-state index in [1.54, 1.807) is 20.1 Å². The van der Waals surface area contributed by atoms with E-state index < -0.39 is 0 Å². The topological polar surface area (TPSA) is 55.1 Å². The Balaban J connectivity index is 2.90. The van der Waals surface area contributed by atoms with Crippen molar-refractivity contribution in [3.8, 4) is 11.9 Å². The molecular formula is C10H11ClN2O2. The minimum atomic E-state index is 0.263. The lowest BCUT2D eigenvalue weighted by Crippen LogP contribution is -2.07. The number of nitrogens with zero attached hydrogens (tertiary/aromatic N) is 2. The highest BCUT2D eigenvalue weighted by molar-refractivity contribution is 6.29. The quantitative estimate of drug-likeness (QED) is 0.582. The van der Waals surface area contributed by atoms with Crippen molar-refractivity contribution < 1.29 is 9.47 Å². The van der Waals surface area contributed by atoms with Crippen molar-refractivity contribution in [2.45, 2.75) is 6.92 Å². The molecule has 0 aliphatic heterocycles. The summed E-state index contributed by atoms with van der Waals surface area (Å²) in [5.74, 6) is 0.263. The zero-order valence-electron chi connectivity index (χ0n) is 8.58. The van der Waals surface area contributed by atoms with Gasteiger partial charge < -0.3 is 9.47 Å². The van der Waals surface area contributed by atoms with E-state index in [-0.39, 0.29) is 5.88 Å². The molecule has 4 nitrogen and oxygen atoms in total. The number of halogens is 1. The van der Waals surface area contributed by atoms with Crippen LogP contribution in [-0.2, 0) is 4.74 Å². The third kappa shape index (κ3) is 3.08. The van der Waals surface area contributed by atoms with Gasteiger partial charge in [0.25, 0.3) is 0 Å². The summed E-state index contributed by atoms with van der Waals surface area (Å²) < 4.78 is 10.1. The molecule has 0 radical (unpaired) electrons. The van der Waals surface area contributed by atoms with Crippen LogP contribution in [0.3, 0.4) is 0 Å². The summed E-state index contributed by atoms with van der Waals surface area (Å²) in [6, 6.07) is 3.66. The SMILES string of the molecule is COCCOc1nc(Cl)cc(C)c1C#N. The highest BCUT2D eigenvalue weighted by Crippen LogP contribution is 2.22. The van der Waals surface area contributed by atoms with E-state index >= 15 is 0 Å². The molecule has 15 heavy (non-hydrogen) atoms. The van der Waals surface area contributed by atoms with Crippen LogP contribution >= 0.6 is 11.6 Å². The van der Waals surface area contributed by atoms with Crippen LogP contribution in [0.5, 0.6) is 5.88 Å². The molecular weight excluding hydrogens is 216 g/mol. The first-order valence-corrected chi connectivity index (χ1v) is 4.75. The van der Waals surface area contributed by atoms with Gasteiger partial charge in [-0.15, -0.1) is 0 Å². The van der Waals surface area contributed by atoms with E-state index in [2.05, 4.69) is 4.98 Å². The van der Waals surface area contributed by atoms with Gasteiger partial charge in [0.15, 0.2) is 0 Å². The van der Waals surface area contributed by atoms with Gasteiger partial charge in [-0.1, -0.05) is 11.6 Å². The Morgan fingerprint density at radius 3 is 2.87 bits per heavy atom. The number of aryl methyl sites for hydroxylation is 1. The fourth-order valence-corrected chi connectivity index (χ4v) is 1.31. The fourth-order valence-electron chi connectivity index (χ4n) is 1.07. The number of nitriles is 1. The van der Waals surface area contributed by atoms with Gasteiger partial charge in [-0.2, -0.15) is 5.26 Å². The van der Waals surface area contributed by atoms with Gasteiger partial charge >= 0.3 is 0 Å². The van der Waals surface area contributed by atoms with Crippen molar-refractivity contribution in [3.05, 3.63) is 22.3 Å². The summed E-state index contributed by atoms with van der Waals surface area (Å²) in [6.07, 6.45) is 0. The molecule has 1 aromatic heterocycles. The summed E-state index contributed by atoms with van der Waals surface area (Å²) in [7, 11) is 1.57. The molecule has 0 aliphatic rings. The number of methoxy groups -OCH3 is 1. The minimum absolute atomic E-state index is 0.263. The molecule has 0 saturated heterocycles. The highest BCUT2D eigenvalue weighted by Gasteiger charge is 2.09. The second kappa shape index (κ2) is 5.54. The molecule has 1 aromatic rings. The molecule has 1 heterocycles. The number of hydrogen-bond acceptors (Lipinski definition) is 4. The van der Waals surface area contributed by atoms with Gasteiger partial charge in [0.1, 0.15) is 23.4 Å². The van der Waals surface area contributed by atoms with Gasteiger partial charge in [0.05, 0.1) is 6.61 Å². The first kappa shape index (κ1) is 11.8. The molecule has 0 atom stereocenters. The predicted molar refractivity (Wildman–Crippen MR) is 56.1 cm³/mol. The van der Waals surface area contributed by atoms with Crippen LogP contribution in [0, 0.1) is 18.3 Å². The number of rotatable bonds is 4. The van der Waals surface area contributed by atoms with Crippen LogP contribution in [0.2, 0.25) is 5.15 Å². The summed E-state index contributed by atoms with van der Waals surface area (Å²) in [5.41, 5.74) is 1.17. The molecule has 0 bridgehead atoms. The standard InChI is InChI=1S/C10H11ClN2O2/c1-7-5-9(11)13-10(8(7)6-12)15-4-3-14-2/h5H,3-4H2,1-2H3.